The van der Waals surface area contributed by atoms with Gasteiger partial charge in [0, 0.05) is 13.1 Å². The minimum absolute atomic E-state index is 0.0797. The lowest BCUT2D eigenvalue weighted by atomic mass is 10.2. The van der Waals surface area contributed by atoms with Crippen LogP contribution in [-0.4, -0.2) is 41.3 Å². The Morgan fingerprint density at radius 1 is 1.36 bits per heavy atom. The highest BCUT2D eigenvalue weighted by Gasteiger charge is 2.19. The molecule has 0 rings (SSSR count). The summed E-state index contributed by atoms with van der Waals surface area (Å²) in [5, 5.41) is 8.52. The molecular formula is C9H17NO4. The van der Waals surface area contributed by atoms with Crippen molar-refractivity contribution in [2.45, 2.75) is 39.3 Å². The van der Waals surface area contributed by atoms with E-state index in [0.29, 0.717) is 0 Å². The molecule has 0 spiro atoms. The fourth-order valence-electron chi connectivity index (χ4n) is 0.854. The summed E-state index contributed by atoms with van der Waals surface area (Å²) in [6.45, 7) is 5.15. The van der Waals surface area contributed by atoms with Crippen LogP contribution >= 0.6 is 0 Å². The molecule has 1 atom stereocenters. The number of carbonyl (C=O) groups excluding carboxylic acids is 1. The van der Waals surface area contributed by atoms with Crippen molar-refractivity contribution in [1.82, 2.24) is 4.90 Å². The van der Waals surface area contributed by atoms with E-state index in [1.54, 1.807) is 20.8 Å². The number of carbonyl (C=O) groups is 2. The first-order valence-electron chi connectivity index (χ1n) is 4.49. The molecule has 0 aromatic rings. The third kappa shape index (κ3) is 4.69. The highest BCUT2D eigenvalue weighted by Crippen LogP contribution is 2.04. The van der Waals surface area contributed by atoms with E-state index >= 15 is 0 Å². The fourth-order valence-corrected chi connectivity index (χ4v) is 0.854. The molecule has 82 valence electrons. The molecule has 0 fully saturated rings. The van der Waals surface area contributed by atoms with Gasteiger partial charge >= 0.3 is 12.1 Å². The number of ether oxygens (including phenoxy) is 1. The Balaban J connectivity index is 4.10. The van der Waals surface area contributed by atoms with E-state index in [1.807, 2.05) is 0 Å². The SMILES string of the molecule is CC(C)OC(=O)N(C)C(C)CC(=O)O. The highest BCUT2D eigenvalue weighted by molar-refractivity contribution is 5.71. The Morgan fingerprint density at radius 3 is 2.21 bits per heavy atom. The molecule has 5 nitrogen and oxygen atoms in total. The van der Waals surface area contributed by atoms with Crippen molar-refractivity contribution >= 4 is 12.1 Å². The summed E-state index contributed by atoms with van der Waals surface area (Å²) in [5.74, 6) is -0.929. The number of amides is 1. The zero-order valence-corrected chi connectivity index (χ0v) is 8.98. The van der Waals surface area contributed by atoms with E-state index in [1.165, 1.54) is 11.9 Å². The summed E-state index contributed by atoms with van der Waals surface area (Å²) in [7, 11) is 1.53. The van der Waals surface area contributed by atoms with Crippen LogP contribution < -0.4 is 0 Å². The predicted molar refractivity (Wildman–Crippen MR) is 51.1 cm³/mol. The molecule has 1 N–H and O–H groups in total. The van der Waals surface area contributed by atoms with E-state index in [0.717, 1.165) is 0 Å². The van der Waals surface area contributed by atoms with Crippen LogP contribution in [0.25, 0.3) is 0 Å². The Hall–Kier alpha value is -1.26. The minimum Gasteiger partial charge on any atom is -0.481 e. The number of carboxylic acids is 1. The van der Waals surface area contributed by atoms with Gasteiger partial charge in [-0.3, -0.25) is 4.79 Å². The Labute approximate surface area is 83.6 Å². The molecule has 0 saturated carbocycles. The van der Waals surface area contributed by atoms with Crippen molar-refractivity contribution in [3.8, 4) is 0 Å². The zero-order chi connectivity index (χ0) is 11.3. The van der Waals surface area contributed by atoms with Crippen LogP contribution in [0, 0.1) is 0 Å². The van der Waals surface area contributed by atoms with Gasteiger partial charge in [0.2, 0.25) is 0 Å². The standard InChI is InChI=1S/C9H17NO4/c1-6(2)14-9(13)10(4)7(3)5-8(11)12/h6-7H,5H2,1-4H3,(H,11,12). The lowest BCUT2D eigenvalue weighted by Crippen LogP contribution is -2.37. The average Bonchev–Trinajstić information content (AvgIpc) is 2.00. The van der Waals surface area contributed by atoms with E-state index < -0.39 is 12.1 Å². The maximum Gasteiger partial charge on any atom is 0.410 e. The van der Waals surface area contributed by atoms with Gasteiger partial charge in [-0.25, -0.2) is 4.79 Å². The maximum absolute atomic E-state index is 11.3. The first-order chi connectivity index (χ1) is 6.34. The van der Waals surface area contributed by atoms with Gasteiger partial charge in [0.05, 0.1) is 12.5 Å². The normalized spacial score (nSPS) is 12.4. The molecule has 0 heterocycles. The van der Waals surface area contributed by atoms with Gasteiger partial charge in [0.1, 0.15) is 0 Å². The van der Waals surface area contributed by atoms with E-state index in [4.69, 9.17) is 9.84 Å². The van der Waals surface area contributed by atoms with Gasteiger partial charge in [-0.2, -0.15) is 0 Å². The summed E-state index contributed by atoms with van der Waals surface area (Å²) < 4.78 is 4.91. The number of nitrogens with zero attached hydrogens (tertiary/aromatic N) is 1. The van der Waals surface area contributed by atoms with E-state index in [-0.39, 0.29) is 18.6 Å². The quantitative estimate of drug-likeness (QED) is 0.748. The van der Waals surface area contributed by atoms with Crippen molar-refractivity contribution < 1.29 is 19.4 Å². The Morgan fingerprint density at radius 2 is 1.86 bits per heavy atom. The van der Waals surface area contributed by atoms with Crippen molar-refractivity contribution in [1.29, 1.82) is 0 Å². The Bertz CT molecular complexity index is 215. The number of carboxylic acid groups (broad SMARTS) is 1. The molecule has 0 bridgehead atoms. The highest BCUT2D eigenvalue weighted by atomic mass is 16.6. The summed E-state index contributed by atoms with van der Waals surface area (Å²) in [6.07, 6.45) is -0.764. The summed E-state index contributed by atoms with van der Waals surface area (Å²) in [6, 6.07) is -0.362. The lowest BCUT2D eigenvalue weighted by Gasteiger charge is -2.23. The van der Waals surface area contributed by atoms with Gasteiger partial charge in [-0.05, 0) is 20.8 Å². The molecule has 14 heavy (non-hydrogen) atoms. The predicted octanol–water partition coefficient (Wildman–Crippen LogP) is 1.33. The van der Waals surface area contributed by atoms with Crippen LogP contribution in [0.2, 0.25) is 0 Å². The average molecular weight is 203 g/mol. The van der Waals surface area contributed by atoms with Gasteiger partial charge in [0.15, 0.2) is 0 Å². The van der Waals surface area contributed by atoms with Crippen LogP contribution in [0.5, 0.6) is 0 Å². The molecule has 0 saturated heterocycles. The van der Waals surface area contributed by atoms with E-state index in [2.05, 4.69) is 0 Å². The summed E-state index contributed by atoms with van der Waals surface area (Å²) in [4.78, 5) is 23.0. The fraction of sp³-hybridized carbons (Fsp3) is 0.778. The maximum atomic E-state index is 11.3. The first-order valence-corrected chi connectivity index (χ1v) is 4.49. The largest absolute Gasteiger partial charge is 0.481 e. The topological polar surface area (TPSA) is 66.8 Å². The van der Waals surface area contributed by atoms with Crippen molar-refractivity contribution in [3.63, 3.8) is 0 Å². The van der Waals surface area contributed by atoms with Crippen LogP contribution in [-0.2, 0) is 9.53 Å². The third-order valence-electron chi connectivity index (χ3n) is 1.76. The Kier molecular flexibility index (Phi) is 4.97. The van der Waals surface area contributed by atoms with Crippen molar-refractivity contribution in [3.05, 3.63) is 0 Å². The number of hydrogen-bond acceptors (Lipinski definition) is 3. The molecule has 0 radical (unpaired) electrons. The molecule has 5 heteroatoms. The molecule has 0 aliphatic rings. The monoisotopic (exact) mass is 203 g/mol. The molecule has 0 aliphatic heterocycles. The number of aliphatic carboxylic acids is 1. The molecule has 0 aromatic carbocycles. The van der Waals surface area contributed by atoms with Gasteiger partial charge in [-0.15, -0.1) is 0 Å². The summed E-state index contributed by atoms with van der Waals surface area (Å²) in [5.41, 5.74) is 0. The third-order valence-corrected chi connectivity index (χ3v) is 1.76. The smallest absolute Gasteiger partial charge is 0.410 e. The zero-order valence-electron chi connectivity index (χ0n) is 8.98. The number of rotatable bonds is 4. The van der Waals surface area contributed by atoms with Crippen LogP contribution in [0.3, 0.4) is 0 Å². The summed E-state index contributed by atoms with van der Waals surface area (Å²) >= 11 is 0. The van der Waals surface area contributed by atoms with Crippen LogP contribution in [0.4, 0.5) is 4.79 Å². The van der Waals surface area contributed by atoms with Crippen LogP contribution in [0.15, 0.2) is 0 Å². The molecular weight excluding hydrogens is 186 g/mol. The molecule has 1 amide bonds. The van der Waals surface area contributed by atoms with Crippen molar-refractivity contribution in [2.75, 3.05) is 7.05 Å². The van der Waals surface area contributed by atoms with E-state index in [9.17, 15) is 9.59 Å². The second-order valence-electron chi connectivity index (χ2n) is 3.49. The lowest BCUT2D eigenvalue weighted by molar-refractivity contribution is -0.138. The van der Waals surface area contributed by atoms with Gasteiger partial charge in [0.25, 0.3) is 0 Å². The van der Waals surface area contributed by atoms with Crippen molar-refractivity contribution in [2.24, 2.45) is 0 Å². The minimum atomic E-state index is -0.929. The van der Waals surface area contributed by atoms with Gasteiger partial charge in [-0.1, -0.05) is 0 Å². The number of hydrogen-bond donors (Lipinski definition) is 1. The molecule has 0 aromatic heterocycles. The second kappa shape index (κ2) is 5.47. The molecule has 1 unspecified atom stereocenters. The molecule has 0 aliphatic carbocycles. The first kappa shape index (κ1) is 12.7. The second-order valence-corrected chi connectivity index (χ2v) is 3.49. The van der Waals surface area contributed by atoms with Crippen LogP contribution in [0.1, 0.15) is 27.2 Å². The van der Waals surface area contributed by atoms with Gasteiger partial charge < -0.3 is 14.7 Å².